The Morgan fingerprint density at radius 1 is 1.33 bits per heavy atom. The number of hydrogen-bond acceptors (Lipinski definition) is 2. The van der Waals surface area contributed by atoms with Crippen LogP contribution in [0.2, 0.25) is 0 Å². The highest BCUT2D eigenvalue weighted by Gasteiger charge is 2.44. The molecule has 1 unspecified atom stereocenters. The third-order valence-corrected chi connectivity index (χ3v) is 2.01. The first-order valence-corrected chi connectivity index (χ1v) is 3.89. The molecule has 2 nitrogen and oxygen atoms in total. The molecule has 1 fully saturated rings. The van der Waals surface area contributed by atoms with E-state index in [1.165, 1.54) is 0 Å². The summed E-state index contributed by atoms with van der Waals surface area (Å²) in [7, 11) is 0.808. The van der Waals surface area contributed by atoms with Gasteiger partial charge in [0.05, 0.1) is 0 Å². The average Bonchev–Trinajstić information content (AvgIpc) is 2.55. The number of halogens is 3. The van der Waals surface area contributed by atoms with Crippen LogP contribution in [0.25, 0.3) is 0 Å². The van der Waals surface area contributed by atoms with Crippen molar-refractivity contribution >= 4 is 0 Å². The number of hydrogen-bond donors (Lipinski definition) is 0. The summed E-state index contributed by atoms with van der Waals surface area (Å²) in [5.74, 6) is 0. The molecule has 0 aromatic carbocycles. The van der Waals surface area contributed by atoms with Gasteiger partial charge in [-0.25, -0.2) is 4.39 Å². The molecule has 0 radical (unpaired) electrons. The highest BCUT2D eigenvalue weighted by atomic mass is 19.3. The van der Waals surface area contributed by atoms with Crippen LogP contribution >= 0.6 is 0 Å². The summed E-state index contributed by atoms with van der Waals surface area (Å²) in [4.78, 5) is 1.10. The smallest absolute Gasteiger partial charge is 0.320 e. The van der Waals surface area contributed by atoms with E-state index >= 15 is 0 Å². The van der Waals surface area contributed by atoms with Crippen molar-refractivity contribution in [2.75, 3.05) is 20.2 Å². The summed E-state index contributed by atoms with van der Waals surface area (Å²) in [6, 6.07) is 0. The zero-order chi connectivity index (χ0) is 9.19. The molecule has 0 N–H and O–H groups in total. The number of alkyl halides is 3. The van der Waals surface area contributed by atoms with E-state index in [1.54, 1.807) is 0 Å². The Balaban J connectivity index is 2.50. The maximum atomic E-state index is 12.9. The molecule has 1 atom stereocenters. The number of likely N-dealkylation sites (tertiary alicyclic amines) is 1. The molecule has 5 heteroatoms. The highest BCUT2D eigenvalue weighted by Crippen LogP contribution is 2.27. The van der Waals surface area contributed by atoms with Gasteiger partial charge in [-0.15, -0.1) is 0 Å². The fourth-order valence-corrected chi connectivity index (χ4v) is 1.28. The zero-order valence-corrected chi connectivity index (χ0v) is 6.90. The topological polar surface area (TPSA) is 12.5 Å². The molecule has 0 aromatic heterocycles. The summed E-state index contributed by atoms with van der Waals surface area (Å²) >= 11 is 0. The van der Waals surface area contributed by atoms with Gasteiger partial charge in [0.2, 0.25) is 6.30 Å². The first-order chi connectivity index (χ1) is 5.58. The lowest BCUT2D eigenvalue weighted by Gasteiger charge is -2.25. The maximum Gasteiger partial charge on any atom is 0.400 e. The van der Waals surface area contributed by atoms with E-state index in [4.69, 9.17) is 0 Å². The molecule has 1 heterocycles. The van der Waals surface area contributed by atoms with Crippen LogP contribution in [-0.2, 0) is 4.74 Å². The van der Waals surface area contributed by atoms with Crippen molar-refractivity contribution in [3.63, 3.8) is 0 Å². The molecule has 0 aliphatic carbocycles. The third kappa shape index (κ3) is 1.90. The van der Waals surface area contributed by atoms with Gasteiger partial charge < -0.3 is 4.74 Å². The molecular formula is C7H12F3NO. The van der Waals surface area contributed by atoms with Gasteiger partial charge in [0.15, 0.2) is 0 Å². The van der Waals surface area contributed by atoms with Crippen LogP contribution in [0.5, 0.6) is 0 Å². The molecule has 0 saturated carbocycles. The van der Waals surface area contributed by atoms with Crippen LogP contribution < -0.4 is 0 Å². The van der Waals surface area contributed by atoms with Gasteiger partial charge in [0, 0.05) is 20.2 Å². The van der Waals surface area contributed by atoms with Crippen LogP contribution in [0.1, 0.15) is 12.8 Å². The van der Waals surface area contributed by atoms with E-state index in [9.17, 15) is 13.2 Å². The molecule has 12 heavy (non-hydrogen) atoms. The zero-order valence-electron chi connectivity index (χ0n) is 6.90. The molecule has 0 aromatic rings. The predicted molar refractivity (Wildman–Crippen MR) is 37.7 cm³/mol. The Labute approximate surface area is 69.3 Å². The van der Waals surface area contributed by atoms with Crippen molar-refractivity contribution in [3.05, 3.63) is 0 Å². The highest BCUT2D eigenvalue weighted by molar-refractivity contribution is 4.74. The maximum absolute atomic E-state index is 12.9. The van der Waals surface area contributed by atoms with Crippen molar-refractivity contribution in [1.82, 2.24) is 4.90 Å². The van der Waals surface area contributed by atoms with Crippen LogP contribution in [0, 0.1) is 0 Å². The largest absolute Gasteiger partial charge is 0.400 e. The summed E-state index contributed by atoms with van der Waals surface area (Å²) in [6.07, 6.45) is -4.42. The lowest BCUT2D eigenvalue weighted by atomic mass is 10.4. The van der Waals surface area contributed by atoms with Gasteiger partial charge in [-0.1, -0.05) is 0 Å². The van der Waals surface area contributed by atoms with Crippen molar-refractivity contribution in [1.29, 1.82) is 0 Å². The fraction of sp³-hybridized carbons (Fsp3) is 1.00. The summed E-state index contributed by atoms with van der Waals surface area (Å²) in [6.45, 7) is 0.778. The lowest BCUT2D eigenvalue weighted by Crippen LogP contribution is -2.44. The first kappa shape index (κ1) is 9.80. The molecule has 1 aliphatic rings. The van der Waals surface area contributed by atoms with Gasteiger partial charge >= 0.3 is 6.11 Å². The van der Waals surface area contributed by atoms with Gasteiger partial charge in [-0.3, -0.25) is 4.90 Å². The Morgan fingerprint density at radius 3 is 2.25 bits per heavy atom. The van der Waals surface area contributed by atoms with Crippen molar-refractivity contribution in [2.24, 2.45) is 0 Å². The van der Waals surface area contributed by atoms with Crippen LogP contribution in [-0.4, -0.2) is 37.5 Å². The second kappa shape index (κ2) is 3.62. The van der Waals surface area contributed by atoms with Gasteiger partial charge in [0.25, 0.3) is 0 Å². The quantitative estimate of drug-likeness (QED) is 0.616. The average molecular weight is 183 g/mol. The molecule has 72 valence electrons. The summed E-state index contributed by atoms with van der Waals surface area (Å²) in [5.41, 5.74) is 0. The van der Waals surface area contributed by atoms with Crippen LogP contribution in [0.15, 0.2) is 0 Å². The van der Waals surface area contributed by atoms with Crippen LogP contribution in [0.4, 0.5) is 13.2 Å². The number of methoxy groups -OCH3 is 1. The van der Waals surface area contributed by atoms with E-state index in [1.807, 2.05) is 0 Å². The SMILES string of the molecule is COC(F)(F)C(F)N1CCCC1. The van der Waals surface area contributed by atoms with Crippen molar-refractivity contribution in [3.8, 4) is 0 Å². The predicted octanol–water partition coefficient (Wildman–Crippen LogP) is 1.62. The standard InChI is InChI=1S/C7H12F3NO/c1-12-7(9,10)6(8)11-4-2-3-5-11/h6H,2-5H2,1H3. The fourth-order valence-electron chi connectivity index (χ4n) is 1.28. The monoisotopic (exact) mass is 183 g/mol. The lowest BCUT2D eigenvalue weighted by molar-refractivity contribution is -0.287. The second-order valence-corrected chi connectivity index (χ2v) is 2.84. The molecule has 1 rings (SSSR count). The first-order valence-electron chi connectivity index (χ1n) is 3.89. The Kier molecular flexibility index (Phi) is 2.95. The molecule has 0 bridgehead atoms. The minimum atomic E-state index is -3.68. The minimum Gasteiger partial charge on any atom is -0.320 e. The molecular weight excluding hydrogens is 171 g/mol. The van der Waals surface area contributed by atoms with E-state index in [-0.39, 0.29) is 0 Å². The van der Waals surface area contributed by atoms with Crippen molar-refractivity contribution in [2.45, 2.75) is 25.2 Å². The van der Waals surface area contributed by atoms with Gasteiger partial charge in [0.1, 0.15) is 0 Å². The molecule has 0 amide bonds. The van der Waals surface area contributed by atoms with E-state index < -0.39 is 12.4 Å². The normalized spacial score (nSPS) is 23.0. The van der Waals surface area contributed by atoms with E-state index in [0.29, 0.717) is 13.1 Å². The Hall–Kier alpha value is -0.290. The third-order valence-electron chi connectivity index (χ3n) is 2.01. The van der Waals surface area contributed by atoms with E-state index in [0.717, 1.165) is 24.9 Å². The molecule has 1 aliphatic heterocycles. The second-order valence-electron chi connectivity index (χ2n) is 2.84. The summed E-state index contributed by atoms with van der Waals surface area (Å²) in [5, 5.41) is 0. The number of nitrogens with zero attached hydrogens (tertiary/aromatic N) is 1. The Morgan fingerprint density at radius 2 is 1.83 bits per heavy atom. The number of rotatable bonds is 3. The van der Waals surface area contributed by atoms with E-state index in [2.05, 4.69) is 4.74 Å². The Bertz CT molecular complexity index is 148. The number of ether oxygens (including phenoxy) is 1. The van der Waals surface area contributed by atoms with Crippen LogP contribution in [0.3, 0.4) is 0 Å². The van der Waals surface area contributed by atoms with Gasteiger partial charge in [-0.05, 0) is 12.8 Å². The van der Waals surface area contributed by atoms with Crippen molar-refractivity contribution < 1.29 is 17.9 Å². The minimum absolute atomic E-state index is 0.389. The van der Waals surface area contributed by atoms with Gasteiger partial charge in [-0.2, -0.15) is 8.78 Å². The molecule has 1 saturated heterocycles. The molecule has 0 spiro atoms. The summed E-state index contributed by atoms with van der Waals surface area (Å²) < 4.78 is 41.8.